The van der Waals surface area contributed by atoms with Gasteiger partial charge in [-0.25, -0.2) is 0 Å². The van der Waals surface area contributed by atoms with Crippen molar-refractivity contribution in [2.75, 3.05) is 20.1 Å². The minimum Gasteiger partial charge on any atom is -0.481 e. The number of hydrogen-bond donors (Lipinski definition) is 1. The molecule has 0 aromatic rings. The molecule has 1 rings (SSSR count). The number of nitrogens with zero attached hydrogens (tertiary/aromatic N) is 1. The molecule has 0 spiro atoms. The minimum atomic E-state index is -0.658. The monoisotopic (exact) mass is 199 g/mol. The molecule has 1 aliphatic heterocycles. The first kappa shape index (κ1) is 11.5. The molecule has 82 valence electrons. The molecule has 0 amide bonds. The summed E-state index contributed by atoms with van der Waals surface area (Å²) in [6, 6.07) is 0. The smallest absolute Gasteiger partial charge is 0.303 e. The maximum absolute atomic E-state index is 10.9. The van der Waals surface area contributed by atoms with Gasteiger partial charge in [0.15, 0.2) is 0 Å². The Morgan fingerprint density at radius 1 is 1.57 bits per heavy atom. The molecule has 1 saturated heterocycles. The average molecular weight is 199 g/mol. The van der Waals surface area contributed by atoms with Gasteiger partial charge in [-0.1, -0.05) is 13.8 Å². The van der Waals surface area contributed by atoms with Gasteiger partial charge >= 0.3 is 5.97 Å². The molecule has 0 saturated carbocycles. The Hall–Kier alpha value is -0.570. The molecule has 0 aromatic carbocycles. The van der Waals surface area contributed by atoms with Gasteiger partial charge in [0, 0.05) is 6.54 Å². The van der Waals surface area contributed by atoms with E-state index in [1.54, 1.807) is 0 Å². The maximum Gasteiger partial charge on any atom is 0.303 e. The van der Waals surface area contributed by atoms with Crippen LogP contribution >= 0.6 is 0 Å². The third kappa shape index (κ3) is 2.47. The Bertz CT molecular complexity index is 215. The summed E-state index contributed by atoms with van der Waals surface area (Å²) in [4.78, 5) is 13.1. The van der Waals surface area contributed by atoms with Crippen molar-refractivity contribution in [2.24, 2.45) is 11.3 Å². The number of aliphatic carboxylic acids is 1. The van der Waals surface area contributed by atoms with Crippen LogP contribution < -0.4 is 0 Å². The van der Waals surface area contributed by atoms with Crippen LogP contribution in [0.15, 0.2) is 0 Å². The largest absolute Gasteiger partial charge is 0.481 e. The van der Waals surface area contributed by atoms with Gasteiger partial charge < -0.3 is 10.0 Å². The number of carboxylic acids is 1. The summed E-state index contributed by atoms with van der Waals surface area (Å²) in [6.07, 6.45) is 2.50. The molecule has 1 aliphatic rings. The molecule has 1 fully saturated rings. The highest BCUT2D eigenvalue weighted by atomic mass is 16.4. The van der Waals surface area contributed by atoms with Gasteiger partial charge in [-0.2, -0.15) is 0 Å². The van der Waals surface area contributed by atoms with Crippen molar-refractivity contribution >= 4 is 5.97 Å². The van der Waals surface area contributed by atoms with Crippen molar-refractivity contribution in [3.63, 3.8) is 0 Å². The van der Waals surface area contributed by atoms with E-state index in [0.717, 1.165) is 25.9 Å². The number of piperidine rings is 1. The van der Waals surface area contributed by atoms with Crippen LogP contribution in [0.2, 0.25) is 0 Å². The van der Waals surface area contributed by atoms with E-state index < -0.39 is 5.97 Å². The van der Waals surface area contributed by atoms with Gasteiger partial charge in [-0.15, -0.1) is 0 Å². The van der Waals surface area contributed by atoms with E-state index in [2.05, 4.69) is 25.8 Å². The van der Waals surface area contributed by atoms with Crippen molar-refractivity contribution in [3.05, 3.63) is 0 Å². The Morgan fingerprint density at radius 3 is 2.64 bits per heavy atom. The zero-order valence-corrected chi connectivity index (χ0v) is 9.42. The lowest BCUT2D eigenvalue weighted by molar-refractivity contribution is -0.142. The van der Waals surface area contributed by atoms with Crippen molar-refractivity contribution in [1.29, 1.82) is 0 Å². The minimum absolute atomic E-state index is 0.00116. The van der Waals surface area contributed by atoms with Gasteiger partial charge in [0.25, 0.3) is 0 Å². The predicted octanol–water partition coefficient (Wildman–Crippen LogP) is 1.83. The second kappa shape index (κ2) is 4.30. The maximum atomic E-state index is 10.9. The van der Waals surface area contributed by atoms with Crippen LogP contribution in [-0.4, -0.2) is 36.1 Å². The first-order valence-corrected chi connectivity index (χ1v) is 5.36. The fourth-order valence-corrected chi connectivity index (χ4v) is 2.52. The molecule has 0 aromatic heterocycles. The summed E-state index contributed by atoms with van der Waals surface area (Å²) < 4.78 is 0. The van der Waals surface area contributed by atoms with E-state index in [0.29, 0.717) is 12.3 Å². The van der Waals surface area contributed by atoms with Gasteiger partial charge in [0.2, 0.25) is 0 Å². The Balaban J connectivity index is 2.74. The first-order valence-electron chi connectivity index (χ1n) is 5.36. The molecule has 1 heterocycles. The van der Waals surface area contributed by atoms with Crippen LogP contribution in [-0.2, 0) is 4.79 Å². The summed E-state index contributed by atoms with van der Waals surface area (Å²) >= 11 is 0. The quantitative estimate of drug-likeness (QED) is 0.754. The molecule has 0 aliphatic carbocycles. The third-order valence-electron chi connectivity index (χ3n) is 3.53. The second-order valence-electron chi connectivity index (χ2n) is 4.93. The molecular weight excluding hydrogens is 178 g/mol. The lowest BCUT2D eigenvalue weighted by atomic mass is 9.69. The van der Waals surface area contributed by atoms with Crippen LogP contribution in [0.4, 0.5) is 0 Å². The Labute approximate surface area is 86.1 Å². The summed E-state index contributed by atoms with van der Waals surface area (Å²) in [5.41, 5.74) is -0.00116. The highest BCUT2D eigenvalue weighted by Crippen LogP contribution is 2.39. The summed E-state index contributed by atoms with van der Waals surface area (Å²) in [5, 5.41) is 8.95. The van der Waals surface area contributed by atoms with Crippen molar-refractivity contribution in [2.45, 2.75) is 33.1 Å². The average Bonchev–Trinajstić information content (AvgIpc) is 2.02. The number of hydrogen-bond acceptors (Lipinski definition) is 2. The molecule has 14 heavy (non-hydrogen) atoms. The lowest BCUT2D eigenvalue weighted by Gasteiger charge is -2.43. The molecule has 1 atom stereocenters. The van der Waals surface area contributed by atoms with E-state index in [4.69, 9.17) is 5.11 Å². The zero-order valence-electron chi connectivity index (χ0n) is 9.42. The second-order valence-corrected chi connectivity index (χ2v) is 4.93. The van der Waals surface area contributed by atoms with Gasteiger partial charge in [0.05, 0.1) is 6.42 Å². The third-order valence-corrected chi connectivity index (χ3v) is 3.53. The van der Waals surface area contributed by atoms with E-state index in [1.807, 2.05) is 0 Å². The Morgan fingerprint density at radius 2 is 2.21 bits per heavy atom. The Kier molecular flexibility index (Phi) is 3.53. The highest BCUT2D eigenvalue weighted by molar-refractivity contribution is 5.67. The highest BCUT2D eigenvalue weighted by Gasteiger charge is 2.38. The SMILES string of the molecule is CC(C)C1(CC(=O)O)CCCN(C)C1. The van der Waals surface area contributed by atoms with Crippen LogP contribution in [0.1, 0.15) is 33.1 Å². The number of carboxylic acid groups (broad SMARTS) is 1. The number of rotatable bonds is 3. The van der Waals surface area contributed by atoms with E-state index in [1.165, 1.54) is 0 Å². The van der Waals surface area contributed by atoms with Gasteiger partial charge in [0.1, 0.15) is 0 Å². The van der Waals surface area contributed by atoms with Crippen molar-refractivity contribution in [3.8, 4) is 0 Å². The molecule has 1 unspecified atom stereocenters. The van der Waals surface area contributed by atoms with Crippen LogP contribution in [0.25, 0.3) is 0 Å². The first-order chi connectivity index (χ1) is 6.46. The van der Waals surface area contributed by atoms with E-state index in [-0.39, 0.29) is 5.41 Å². The van der Waals surface area contributed by atoms with Gasteiger partial charge in [-0.05, 0) is 37.8 Å². The van der Waals surface area contributed by atoms with E-state index in [9.17, 15) is 4.79 Å². The summed E-state index contributed by atoms with van der Waals surface area (Å²) in [7, 11) is 2.08. The lowest BCUT2D eigenvalue weighted by Crippen LogP contribution is -2.45. The molecule has 0 radical (unpaired) electrons. The van der Waals surface area contributed by atoms with Crippen LogP contribution in [0.3, 0.4) is 0 Å². The normalized spacial score (nSPS) is 29.4. The van der Waals surface area contributed by atoms with E-state index >= 15 is 0 Å². The fraction of sp³-hybridized carbons (Fsp3) is 0.909. The molecule has 3 heteroatoms. The molecule has 0 bridgehead atoms. The molecule has 1 N–H and O–H groups in total. The topological polar surface area (TPSA) is 40.5 Å². The van der Waals surface area contributed by atoms with Crippen molar-refractivity contribution in [1.82, 2.24) is 4.90 Å². The molecular formula is C11H21NO2. The molecule has 3 nitrogen and oxygen atoms in total. The predicted molar refractivity (Wildman–Crippen MR) is 56.3 cm³/mol. The standard InChI is InChI=1S/C11H21NO2/c1-9(2)11(7-10(13)14)5-4-6-12(3)8-11/h9H,4-8H2,1-3H3,(H,13,14). The number of likely N-dealkylation sites (tertiary alicyclic amines) is 1. The summed E-state index contributed by atoms with van der Waals surface area (Å²) in [6.45, 7) is 6.31. The van der Waals surface area contributed by atoms with Crippen LogP contribution in [0.5, 0.6) is 0 Å². The zero-order chi connectivity index (χ0) is 10.8. The van der Waals surface area contributed by atoms with Crippen molar-refractivity contribution < 1.29 is 9.90 Å². The van der Waals surface area contributed by atoms with Crippen LogP contribution in [0, 0.1) is 11.3 Å². The number of carbonyl (C=O) groups is 1. The van der Waals surface area contributed by atoms with Gasteiger partial charge in [-0.3, -0.25) is 4.79 Å². The fourth-order valence-electron chi connectivity index (χ4n) is 2.52. The summed E-state index contributed by atoms with van der Waals surface area (Å²) in [5.74, 6) is -0.213.